The number of benzene rings is 2. The lowest BCUT2D eigenvalue weighted by molar-refractivity contribution is 0.221. The van der Waals surface area contributed by atoms with Gasteiger partial charge in [-0.15, -0.1) is 0 Å². The number of nitrogens with one attached hydrogen (secondary N) is 1. The molecule has 4 rings (SSSR count). The van der Waals surface area contributed by atoms with Gasteiger partial charge in [0.15, 0.2) is 0 Å². The van der Waals surface area contributed by atoms with Crippen molar-refractivity contribution in [2.24, 2.45) is 4.99 Å². The molecule has 134 valence electrons. The van der Waals surface area contributed by atoms with E-state index in [1.165, 1.54) is 49.1 Å². The van der Waals surface area contributed by atoms with Crippen molar-refractivity contribution in [3.05, 3.63) is 69.8 Å². The second-order valence-corrected chi connectivity index (χ2v) is 7.96. The van der Waals surface area contributed by atoms with Crippen molar-refractivity contribution in [1.29, 1.82) is 0 Å². The predicted molar refractivity (Wildman–Crippen MR) is 114 cm³/mol. The first-order valence-electron chi connectivity index (χ1n) is 9.34. The van der Waals surface area contributed by atoms with E-state index in [0.29, 0.717) is 6.54 Å². The maximum Gasteiger partial charge on any atom is 0.0660 e. The molecular formula is C22H24BrN3. The Bertz CT molecular complexity index is 818. The molecule has 3 nitrogen and oxygen atoms in total. The smallest absolute Gasteiger partial charge is 0.0660 e. The predicted octanol–water partition coefficient (Wildman–Crippen LogP) is 5.32. The maximum atomic E-state index is 4.47. The quantitative estimate of drug-likeness (QED) is 0.739. The Morgan fingerprint density at radius 1 is 1.04 bits per heavy atom. The average molecular weight is 410 g/mol. The van der Waals surface area contributed by atoms with Gasteiger partial charge >= 0.3 is 0 Å². The third kappa shape index (κ3) is 4.25. The van der Waals surface area contributed by atoms with Crippen molar-refractivity contribution in [2.45, 2.75) is 25.8 Å². The summed E-state index contributed by atoms with van der Waals surface area (Å²) in [4.78, 5) is 7.03. The number of aliphatic imine (C=N–C) groups is 1. The molecule has 1 saturated heterocycles. The fourth-order valence-electron chi connectivity index (χ4n) is 3.64. The first-order chi connectivity index (χ1) is 12.8. The molecule has 0 spiro atoms. The summed E-state index contributed by atoms with van der Waals surface area (Å²) in [6, 6.07) is 15.2. The van der Waals surface area contributed by atoms with Gasteiger partial charge in [0, 0.05) is 34.7 Å². The molecule has 0 unspecified atom stereocenters. The number of piperidine rings is 1. The van der Waals surface area contributed by atoms with Crippen molar-refractivity contribution in [3.63, 3.8) is 0 Å². The normalized spacial score (nSPS) is 18.7. The monoisotopic (exact) mass is 409 g/mol. The van der Waals surface area contributed by atoms with Crippen molar-refractivity contribution in [1.82, 2.24) is 4.90 Å². The highest BCUT2D eigenvalue weighted by Crippen LogP contribution is 2.25. The molecule has 0 amide bonds. The summed E-state index contributed by atoms with van der Waals surface area (Å²) < 4.78 is 1.08. The standard InChI is InChI=1S/C22H24BrN3/c23-20-6-9-22-18(12-20)13-24-14-19(22)15-25-21-7-4-17(5-8-21)16-26-10-2-1-3-11-26/h4-9,12-13,15,25H,1-3,10-11,14,16H2/b19-15+. The number of hydrogen-bond acceptors (Lipinski definition) is 3. The summed E-state index contributed by atoms with van der Waals surface area (Å²) in [5.41, 5.74) is 6.14. The number of rotatable bonds is 4. The van der Waals surface area contributed by atoms with E-state index in [0.717, 1.165) is 22.3 Å². The SMILES string of the molecule is Brc1ccc2c(c1)C=NC/C2=C\Nc1ccc(CN2CCCCC2)cc1. The summed E-state index contributed by atoms with van der Waals surface area (Å²) in [6.45, 7) is 4.26. The zero-order chi connectivity index (χ0) is 17.8. The minimum atomic E-state index is 0.717. The van der Waals surface area contributed by atoms with Crippen LogP contribution in [0.15, 0.2) is 58.1 Å². The number of fused-ring (bicyclic) bond motifs is 1. The molecular weight excluding hydrogens is 386 g/mol. The van der Waals surface area contributed by atoms with Gasteiger partial charge in [-0.25, -0.2) is 0 Å². The summed E-state index contributed by atoms with van der Waals surface area (Å²) in [5, 5.41) is 3.44. The molecule has 2 heterocycles. The number of anilines is 1. The molecule has 0 aliphatic carbocycles. The molecule has 0 aromatic heterocycles. The second-order valence-electron chi connectivity index (χ2n) is 7.05. The van der Waals surface area contributed by atoms with Crippen LogP contribution in [0.25, 0.3) is 5.57 Å². The summed E-state index contributed by atoms with van der Waals surface area (Å²) in [7, 11) is 0. The van der Waals surface area contributed by atoms with Crippen molar-refractivity contribution in [2.75, 3.05) is 25.0 Å². The van der Waals surface area contributed by atoms with E-state index in [-0.39, 0.29) is 0 Å². The van der Waals surface area contributed by atoms with Crippen LogP contribution in [0.2, 0.25) is 0 Å². The second kappa shape index (κ2) is 8.19. The van der Waals surface area contributed by atoms with Crippen LogP contribution in [-0.4, -0.2) is 30.7 Å². The Morgan fingerprint density at radius 3 is 2.65 bits per heavy atom. The van der Waals surface area contributed by atoms with Crippen molar-refractivity contribution >= 4 is 33.4 Å². The zero-order valence-electron chi connectivity index (χ0n) is 14.9. The van der Waals surface area contributed by atoms with Gasteiger partial charge in [0.1, 0.15) is 0 Å². The minimum absolute atomic E-state index is 0.717. The van der Waals surface area contributed by atoms with Crippen LogP contribution in [0, 0.1) is 0 Å². The molecule has 2 aromatic rings. The highest BCUT2D eigenvalue weighted by Gasteiger charge is 2.12. The topological polar surface area (TPSA) is 27.6 Å². The molecule has 2 aliphatic heterocycles. The van der Waals surface area contributed by atoms with Gasteiger partial charge < -0.3 is 5.32 Å². The number of nitrogens with zero attached hydrogens (tertiary/aromatic N) is 2. The van der Waals surface area contributed by atoms with Crippen LogP contribution in [0.3, 0.4) is 0 Å². The highest BCUT2D eigenvalue weighted by atomic mass is 79.9. The van der Waals surface area contributed by atoms with E-state index in [1.807, 2.05) is 6.21 Å². The van der Waals surface area contributed by atoms with Gasteiger partial charge in [-0.05, 0) is 66.9 Å². The number of halogens is 1. The van der Waals surface area contributed by atoms with Crippen LogP contribution in [0.4, 0.5) is 5.69 Å². The molecule has 1 N–H and O–H groups in total. The van der Waals surface area contributed by atoms with Crippen molar-refractivity contribution in [3.8, 4) is 0 Å². The summed E-state index contributed by atoms with van der Waals surface area (Å²) in [5.74, 6) is 0. The third-order valence-electron chi connectivity index (χ3n) is 5.07. The highest BCUT2D eigenvalue weighted by molar-refractivity contribution is 9.10. The van der Waals surface area contributed by atoms with Crippen LogP contribution in [0.1, 0.15) is 36.0 Å². The van der Waals surface area contributed by atoms with Gasteiger partial charge in [0.2, 0.25) is 0 Å². The lowest BCUT2D eigenvalue weighted by Gasteiger charge is -2.26. The van der Waals surface area contributed by atoms with E-state index >= 15 is 0 Å². The Hall–Kier alpha value is -1.91. The van der Waals surface area contributed by atoms with Crippen LogP contribution in [-0.2, 0) is 6.54 Å². The molecule has 0 atom stereocenters. The average Bonchev–Trinajstić information content (AvgIpc) is 2.68. The summed E-state index contributed by atoms with van der Waals surface area (Å²) >= 11 is 3.53. The Balaban J connectivity index is 1.42. The molecule has 4 heteroatoms. The fourth-order valence-corrected chi connectivity index (χ4v) is 4.02. The largest absolute Gasteiger partial charge is 0.361 e. The van der Waals surface area contributed by atoms with E-state index in [9.17, 15) is 0 Å². The number of hydrogen-bond donors (Lipinski definition) is 1. The molecule has 2 aromatic carbocycles. The lowest BCUT2D eigenvalue weighted by atomic mass is 9.99. The Labute approximate surface area is 164 Å². The van der Waals surface area contributed by atoms with Crippen LogP contribution < -0.4 is 5.32 Å². The molecule has 26 heavy (non-hydrogen) atoms. The van der Waals surface area contributed by atoms with E-state index < -0.39 is 0 Å². The first-order valence-corrected chi connectivity index (χ1v) is 10.1. The Kier molecular flexibility index (Phi) is 5.51. The van der Waals surface area contributed by atoms with Gasteiger partial charge in [0.25, 0.3) is 0 Å². The van der Waals surface area contributed by atoms with Gasteiger partial charge in [-0.2, -0.15) is 0 Å². The maximum absolute atomic E-state index is 4.47. The van der Waals surface area contributed by atoms with Crippen LogP contribution in [0.5, 0.6) is 0 Å². The third-order valence-corrected chi connectivity index (χ3v) is 5.57. The van der Waals surface area contributed by atoms with Gasteiger partial charge in [-0.1, -0.05) is 40.5 Å². The molecule has 0 bridgehead atoms. The Morgan fingerprint density at radius 2 is 1.85 bits per heavy atom. The van der Waals surface area contributed by atoms with Crippen molar-refractivity contribution < 1.29 is 0 Å². The molecule has 0 saturated carbocycles. The van der Waals surface area contributed by atoms with Gasteiger partial charge in [0.05, 0.1) is 6.54 Å². The lowest BCUT2D eigenvalue weighted by Crippen LogP contribution is -2.29. The molecule has 2 aliphatic rings. The summed E-state index contributed by atoms with van der Waals surface area (Å²) in [6.07, 6.45) is 8.11. The van der Waals surface area contributed by atoms with E-state index in [1.54, 1.807) is 0 Å². The molecule has 1 fully saturated rings. The van der Waals surface area contributed by atoms with E-state index in [4.69, 9.17) is 0 Å². The first kappa shape index (κ1) is 17.5. The number of likely N-dealkylation sites (tertiary alicyclic amines) is 1. The fraction of sp³-hybridized carbons (Fsp3) is 0.318. The molecule has 0 radical (unpaired) electrons. The zero-order valence-corrected chi connectivity index (χ0v) is 16.5. The van der Waals surface area contributed by atoms with Gasteiger partial charge in [-0.3, -0.25) is 9.89 Å². The van der Waals surface area contributed by atoms with E-state index in [2.05, 4.69) is 79.8 Å². The minimum Gasteiger partial charge on any atom is -0.361 e. The van der Waals surface area contributed by atoms with Crippen LogP contribution >= 0.6 is 15.9 Å².